The molecule has 1 aromatic rings. The predicted octanol–water partition coefficient (Wildman–Crippen LogP) is 0.718. The molecule has 3 aliphatic rings. The van der Waals surface area contributed by atoms with Crippen molar-refractivity contribution in [3.05, 3.63) is 52.4 Å². The number of hydrogen-bond acceptors (Lipinski definition) is 7. The number of rotatable bonds is 4. The van der Waals surface area contributed by atoms with Gasteiger partial charge in [0.1, 0.15) is 12.0 Å². The van der Waals surface area contributed by atoms with Crippen LogP contribution in [0.4, 0.5) is 5.69 Å². The molecule has 28 heavy (non-hydrogen) atoms. The lowest BCUT2D eigenvalue weighted by atomic mass is 9.79. The Morgan fingerprint density at radius 1 is 1.25 bits per heavy atom. The summed E-state index contributed by atoms with van der Waals surface area (Å²) >= 11 is 0. The molecule has 1 atom stereocenters. The Balaban J connectivity index is 1.67. The molecule has 4 rings (SSSR count). The Morgan fingerprint density at radius 2 is 2.04 bits per heavy atom. The number of primary amides is 2. The van der Waals surface area contributed by atoms with Gasteiger partial charge in [-0.3, -0.25) is 20.0 Å². The number of aliphatic imine (C=N–C) groups is 1. The van der Waals surface area contributed by atoms with Crippen molar-refractivity contribution in [2.45, 2.75) is 31.8 Å². The number of nitrogens with one attached hydrogen (secondary N) is 2. The summed E-state index contributed by atoms with van der Waals surface area (Å²) in [4.78, 5) is 28.1. The summed E-state index contributed by atoms with van der Waals surface area (Å²) in [5.74, 6) is -0.956. The van der Waals surface area contributed by atoms with Gasteiger partial charge in [-0.25, -0.2) is 4.99 Å². The van der Waals surface area contributed by atoms with E-state index in [1.54, 1.807) is 23.5 Å². The van der Waals surface area contributed by atoms with Gasteiger partial charge in [-0.05, 0) is 49.5 Å². The molecule has 1 aliphatic carbocycles. The lowest BCUT2D eigenvalue weighted by Gasteiger charge is -2.42. The van der Waals surface area contributed by atoms with Gasteiger partial charge in [-0.2, -0.15) is 5.01 Å². The van der Waals surface area contributed by atoms with Crippen molar-refractivity contribution >= 4 is 23.8 Å². The molecule has 2 heterocycles. The zero-order valence-corrected chi connectivity index (χ0v) is 15.8. The first kappa shape index (κ1) is 18.1. The van der Waals surface area contributed by atoms with Crippen molar-refractivity contribution < 1.29 is 9.59 Å². The fourth-order valence-electron chi connectivity index (χ4n) is 4.08. The smallest absolute Gasteiger partial charge is 0.266 e. The number of carbonyl (C=O) groups is 2. The van der Waals surface area contributed by atoms with E-state index >= 15 is 0 Å². The SMILES string of the molecule is Cc1ccc(C(N)=O)cc1NN1C=NC23C(=C1)CCCC2=C(C(N)=O)NN3C. The van der Waals surface area contributed by atoms with Crippen LogP contribution in [-0.4, -0.2) is 40.9 Å². The van der Waals surface area contributed by atoms with Gasteiger partial charge in [0.05, 0.1) is 5.69 Å². The largest absolute Gasteiger partial charge is 0.366 e. The Morgan fingerprint density at radius 3 is 2.75 bits per heavy atom. The third kappa shape index (κ3) is 2.63. The number of aryl methyl sites for hydroxylation is 1. The highest BCUT2D eigenvalue weighted by atomic mass is 16.1. The summed E-state index contributed by atoms with van der Waals surface area (Å²) in [5.41, 5.74) is 21.1. The molecule has 146 valence electrons. The summed E-state index contributed by atoms with van der Waals surface area (Å²) < 4.78 is 0. The Labute approximate surface area is 162 Å². The minimum absolute atomic E-state index is 0.427. The van der Waals surface area contributed by atoms with Crippen molar-refractivity contribution in [3.63, 3.8) is 0 Å². The molecule has 2 aliphatic heterocycles. The number of anilines is 1. The summed E-state index contributed by atoms with van der Waals surface area (Å²) in [7, 11) is 1.86. The van der Waals surface area contributed by atoms with Crippen LogP contribution in [0.3, 0.4) is 0 Å². The number of amides is 2. The highest BCUT2D eigenvalue weighted by Crippen LogP contribution is 2.47. The summed E-state index contributed by atoms with van der Waals surface area (Å²) in [6.45, 7) is 1.94. The van der Waals surface area contributed by atoms with Crippen LogP contribution in [0.25, 0.3) is 0 Å². The highest BCUT2D eigenvalue weighted by molar-refractivity contribution is 5.94. The van der Waals surface area contributed by atoms with Gasteiger partial charge in [-0.1, -0.05) is 6.07 Å². The molecule has 1 saturated carbocycles. The molecular weight excluding hydrogens is 358 g/mol. The summed E-state index contributed by atoms with van der Waals surface area (Å²) in [5, 5.41) is 3.59. The predicted molar refractivity (Wildman–Crippen MR) is 105 cm³/mol. The van der Waals surface area contributed by atoms with Crippen molar-refractivity contribution in [1.82, 2.24) is 15.4 Å². The number of hydrazine groups is 2. The van der Waals surface area contributed by atoms with Crippen LogP contribution in [0.2, 0.25) is 0 Å². The molecule has 0 saturated heterocycles. The fourth-order valence-corrected chi connectivity index (χ4v) is 4.08. The van der Waals surface area contributed by atoms with E-state index < -0.39 is 17.5 Å². The molecule has 0 aromatic heterocycles. The standard InChI is InChI=1S/C19H23N7O2/c1-11-6-7-12(17(20)27)8-15(11)23-26-9-13-4-3-5-14-16(18(21)28)24-25(2)19(13,14)22-10-26/h6-10,23-24H,3-5H2,1-2H3,(H2,20,27)(H2,21,28). The first-order chi connectivity index (χ1) is 13.3. The lowest BCUT2D eigenvalue weighted by Crippen LogP contribution is -2.52. The van der Waals surface area contributed by atoms with Crippen LogP contribution in [-0.2, 0) is 4.79 Å². The van der Waals surface area contributed by atoms with Gasteiger partial charge in [-0.15, -0.1) is 0 Å². The maximum atomic E-state index is 11.8. The van der Waals surface area contributed by atoms with Crippen molar-refractivity contribution in [2.75, 3.05) is 12.5 Å². The molecule has 0 radical (unpaired) electrons. The van der Waals surface area contributed by atoms with Gasteiger partial charge in [0, 0.05) is 24.4 Å². The first-order valence-electron chi connectivity index (χ1n) is 9.09. The normalized spacial score (nSPS) is 23.6. The lowest BCUT2D eigenvalue weighted by molar-refractivity contribution is -0.115. The van der Waals surface area contributed by atoms with E-state index in [9.17, 15) is 9.59 Å². The van der Waals surface area contributed by atoms with Crippen LogP contribution in [0.15, 0.2) is 46.2 Å². The Bertz CT molecular complexity index is 965. The summed E-state index contributed by atoms with van der Waals surface area (Å²) in [6, 6.07) is 5.26. The van der Waals surface area contributed by atoms with E-state index in [0.717, 1.165) is 41.7 Å². The molecule has 9 nitrogen and oxygen atoms in total. The van der Waals surface area contributed by atoms with Crippen LogP contribution < -0.4 is 22.3 Å². The van der Waals surface area contributed by atoms with E-state index in [2.05, 4.69) is 10.9 Å². The van der Waals surface area contributed by atoms with Gasteiger partial charge < -0.3 is 16.9 Å². The molecular formula is C19H23N7O2. The van der Waals surface area contributed by atoms with Gasteiger partial charge in [0.15, 0.2) is 5.66 Å². The number of carbonyl (C=O) groups excluding carboxylic acids is 2. The second-order valence-electron chi connectivity index (χ2n) is 7.23. The molecule has 1 spiro atoms. The van der Waals surface area contributed by atoms with Crippen molar-refractivity contribution in [2.24, 2.45) is 16.5 Å². The van der Waals surface area contributed by atoms with E-state index in [0.29, 0.717) is 11.3 Å². The number of hydrogen-bond donors (Lipinski definition) is 4. The quantitative estimate of drug-likeness (QED) is 0.608. The van der Waals surface area contributed by atoms with Gasteiger partial charge >= 0.3 is 0 Å². The van der Waals surface area contributed by atoms with E-state index in [-0.39, 0.29) is 0 Å². The highest BCUT2D eigenvalue weighted by Gasteiger charge is 2.52. The average molecular weight is 381 g/mol. The number of nitrogens with zero attached hydrogens (tertiary/aromatic N) is 3. The zero-order valence-electron chi connectivity index (χ0n) is 15.8. The molecule has 0 bridgehead atoms. The molecule has 1 unspecified atom stereocenters. The van der Waals surface area contributed by atoms with Crippen LogP contribution in [0.5, 0.6) is 0 Å². The van der Waals surface area contributed by atoms with Crippen molar-refractivity contribution in [3.8, 4) is 0 Å². The number of benzene rings is 1. The van der Waals surface area contributed by atoms with E-state index in [1.807, 2.05) is 31.2 Å². The van der Waals surface area contributed by atoms with Crippen LogP contribution in [0.1, 0.15) is 35.2 Å². The molecule has 9 heteroatoms. The molecule has 1 fully saturated rings. The fraction of sp³-hybridized carbons (Fsp3) is 0.316. The monoisotopic (exact) mass is 381 g/mol. The maximum absolute atomic E-state index is 11.8. The van der Waals surface area contributed by atoms with E-state index in [4.69, 9.17) is 16.5 Å². The van der Waals surface area contributed by atoms with Crippen LogP contribution >= 0.6 is 0 Å². The maximum Gasteiger partial charge on any atom is 0.266 e. The second kappa shape index (κ2) is 6.38. The minimum Gasteiger partial charge on any atom is -0.366 e. The number of likely N-dealkylation sites (N-methyl/N-ethyl adjacent to an activating group) is 1. The Kier molecular flexibility index (Phi) is 4.11. The molecule has 6 N–H and O–H groups in total. The minimum atomic E-state index is -0.717. The summed E-state index contributed by atoms with van der Waals surface area (Å²) in [6.07, 6.45) is 6.17. The average Bonchev–Trinajstić information content (AvgIpc) is 2.95. The third-order valence-electron chi connectivity index (χ3n) is 5.49. The Hall–Kier alpha value is -3.33. The third-order valence-corrected chi connectivity index (χ3v) is 5.49. The molecule has 1 aromatic carbocycles. The molecule has 2 amide bonds. The van der Waals surface area contributed by atoms with Gasteiger partial charge in [0.2, 0.25) is 5.91 Å². The second-order valence-corrected chi connectivity index (χ2v) is 7.23. The topological polar surface area (TPSA) is 129 Å². The van der Waals surface area contributed by atoms with Crippen LogP contribution in [0, 0.1) is 6.92 Å². The van der Waals surface area contributed by atoms with E-state index in [1.165, 1.54) is 0 Å². The van der Waals surface area contributed by atoms with Gasteiger partial charge in [0.25, 0.3) is 5.91 Å². The number of nitrogens with two attached hydrogens (primary N) is 2. The zero-order chi connectivity index (χ0) is 20.1. The first-order valence-corrected chi connectivity index (χ1v) is 9.09. The van der Waals surface area contributed by atoms with Crippen molar-refractivity contribution in [1.29, 1.82) is 0 Å².